The van der Waals surface area contributed by atoms with Crippen LogP contribution in [0.4, 0.5) is 15.3 Å². The number of ether oxygens (including phenoxy) is 2. The maximum atomic E-state index is 13.5. The van der Waals surface area contributed by atoms with Crippen molar-refractivity contribution in [1.82, 2.24) is 9.96 Å². The summed E-state index contributed by atoms with van der Waals surface area (Å²) in [5.74, 6) is -1.41. The number of likely N-dealkylation sites (tertiary alicyclic amines) is 1. The van der Waals surface area contributed by atoms with Crippen LogP contribution in [0.15, 0.2) is 54.6 Å². The topological polar surface area (TPSA) is 149 Å². The summed E-state index contributed by atoms with van der Waals surface area (Å²) in [6, 6.07) is 12.7. The van der Waals surface area contributed by atoms with Crippen LogP contribution in [-0.2, 0) is 31.3 Å². The number of hydrogen-bond acceptors (Lipinski definition) is 8. The first-order chi connectivity index (χ1) is 19.0. The van der Waals surface area contributed by atoms with Crippen molar-refractivity contribution < 1.29 is 38.7 Å². The molecule has 0 unspecified atom stereocenters. The van der Waals surface area contributed by atoms with Gasteiger partial charge >= 0.3 is 22.1 Å². The fourth-order valence-electron chi connectivity index (χ4n) is 4.38. The monoisotopic (exact) mass is 631 g/mol. The first kappa shape index (κ1) is 32.2. The molecule has 1 fully saturated rings. The van der Waals surface area contributed by atoms with E-state index >= 15 is 0 Å². The molecule has 1 aliphatic heterocycles. The van der Waals surface area contributed by atoms with Crippen LogP contribution >= 0.6 is 34.8 Å². The van der Waals surface area contributed by atoms with E-state index in [0.717, 1.165) is 22.1 Å². The molecule has 0 radical (unpaired) electrons. The number of benzene rings is 2. The Kier molecular flexibility index (Phi) is 9.96. The Balaban J connectivity index is 2.04. The van der Waals surface area contributed by atoms with Crippen molar-refractivity contribution in [2.75, 3.05) is 6.54 Å². The molecule has 2 aromatic carbocycles. The maximum Gasteiger partial charge on any atom is 0.437 e. The van der Waals surface area contributed by atoms with Crippen molar-refractivity contribution in [3.63, 3.8) is 0 Å². The van der Waals surface area contributed by atoms with Crippen LogP contribution in [0.3, 0.4) is 0 Å². The lowest BCUT2D eigenvalue weighted by molar-refractivity contribution is -0.384. The van der Waals surface area contributed by atoms with Crippen molar-refractivity contribution >= 4 is 58.6 Å². The summed E-state index contributed by atoms with van der Waals surface area (Å²) in [7, 11) is 0. The summed E-state index contributed by atoms with van der Waals surface area (Å²) < 4.78 is 7.99. The van der Waals surface area contributed by atoms with Crippen LogP contribution in [0, 0.1) is 10.1 Å². The largest absolute Gasteiger partial charge is 0.479 e. The molecule has 0 aromatic heterocycles. The number of non-ortho nitro benzene ring substituents is 1. The lowest BCUT2D eigenvalue weighted by Gasteiger charge is -2.48. The molecular weight excluding hydrogens is 605 g/mol. The van der Waals surface area contributed by atoms with E-state index in [1.54, 1.807) is 51.1 Å². The third-order valence-electron chi connectivity index (χ3n) is 6.14. The summed E-state index contributed by atoms with van der Waals surface area (Å²) in [5, 5.41) is 22.5. The molecule has 0 bridgehead atoms. The average molecular weight is 633 g/mol. The third-order valence-corrected chi connectivity index (χ3v) is 6.38. The summed E-state index contributed by atoms with van der Waals surface area (Å²) in [6.45, 7) is 4.31. The van der Waals surface area contributed by atoms with Gasteiger partial charge in [-0.1, -0.05) is 30.3 Å². The van der Waals surface area contributed by atoms with Crippen LogP contribution < -0.4 is 0 Å². The van der Waals surface area contributed by atoms with E-state index in [4.69, 9.17) is 49.1 Å². The van der Waals surface area contributed by atoms with Crippen molar-refractivity contribution in [3.8, 4) is 0 Å². The number of carbonyl (C=O) groups is 3. The molecule has 1 saturated heterocycles. The van der Waals surface area contributed by atoms with Gasteiger partial charge in [-0.25, -0.2) is 14.4 Å². The normalized spacial score (nSPS) is 19.3. The number of carboxylic acid groups (broad SMARTS) is 1. The van der Waals surface area contributed by atoms with Gasteiger partial charge in [-0.05, 0) is 91.7 Å². The second-order valence-corrected chi connectivity index (χ2v) is 12.3. The fraction of sp³-hybridized carbons (Fsp3) is 0.423. The van der Waals surface area contributed by atoms with E-state index in [-0.39, 0.29) is 30.7 Å². The predicted molar refractivity (Wildman–Crippen MR) is 148 cm³/mol. The van der Waals surface area contributed by atoms with E-state index < -0.39 is 50.8 Å². The second-order valence-electron chi connectivity index (χ2n) is 10.2. The standard InChI is InChI=1S/C26H28Cl3N3O9/c1-24(2,3)40-22(35)30-15-20(13-14-25(30,21(33)34)18-9-11-19(12-10-18)32(37)38)31(23(36)41-26(27,28)29)39-16-17-7-5-4-6-8-17/h4-12,20H,13-16H2,1-3H3,(H,33,34)/t20-,25+/m1/s1. The Hall–Kier alpha value is -3.32. The maximum absolute atomic E-state index is 13.5. The van der Waals surface area contributed by atoms with Gasteiger partial charge in [-0.2, -0.15) is 5.06 Å². The first-order valence-electron chi connectivity index (χ1n) is 12.3. The summed E-state index contributed by atoms with van der Waals surface area (Å²) in [6.07, 6.45) is -2.45. The summed E-state index contributed by atoms with van der Waals surface area (Å²) in [4.78, 5) is 56.8. The highest BCUT2D eigenvalue weighted by atomic mass is 35.6. The highest BCUT2D eigenvalue weighted by Crippen LogP contribution is 2.41. The van der Waals surface area contributed by atoms with Crippen molar-refractivity contribution in [3.05, 3.63) is 75.8 Å². The number of nitro benzene ring substituents is 1. The van der Waals surface area contributed by atoms with Gasteiger partial charge in [-0.15, -0.1) is 0 Å². The molecule has 0 aliphatic carbocycles. The Morgan fingerprint density at radius 2 is 1.68 bits per heavy atom. The number of nitro groups is 1. The molecular formula is C26H28Cl3N3O9. The SMILES string of the molecule is CC(C)(C)OC(=O)N1C[C@H](N(OCc2ccccc2)C(=O)OC(Cl)(Cl)Cl)CC[C@@]1(C(=O)O)c1ccc([N+](=O)[O-])cc1. The van der Waals surface area contributed by atoms with Crippen molar-refractivity contribution in [1.29, 1.82) is 0 Å². The van der Waals surface area contributed by atoms with E-state index in [1.165, 1.54) is 12.1 Å². The van der Waals surface area contributed by atoms with E-state index in [1.807, 2.05) is 0 Å². The second kappa shape index (κ2) is 12.7. The molecule has 0 saturated carbocycles. The summed E-state index contributed by atoms with van der Waals surface area (Å²) in [5.41, 5.74) is -2.49. The Morgan fingerprint density at radius 3 is 2.20 bits per heavy atom. The van der Waals surface area contributed by atoms with Crippen LogP contribution in [0.1, 0.15) is 44.7 Å². The lowest BCUT2D eigenvalue weighted by Crippen LogP contribution is -2.63. The molecule has 1 heterocycles. The minimum absolute atomic E-state index is 0.0215. The first-order valence-corrected chi connectivity index (χ1v) is 13.4. The molecule has 1 N–H and O–H groups in total. The minimum Gasteiger partial charge on any atom is -0.479 e. The Morgan fingerprint density at radius 1 is 1.07 bits per heavy atom. The summed E-state index contributed by atoms with van der Waals surface area (Å²) >= 11 is 17.0. The molecule has 41 heavy (non-hydrogen) atoms. The number of aliphatic carboxylic acids is 1. The number of piperidine rings is 1. The van der Waals surface area contributed by atoms with Gasteiger partial charge in [0.15, 0.2) is 5.54 Å². The van der Waals surface area contributed by atoms with Crippen molar-refractivity contribution in [2.45, 2.75) is 61.4 Å². The zero-order valence-electron chi connectivity index (χ0n) is 22.3. The Bertz CT molecular complexity index is 1270. The quantitative estimate of drug-likeness (QED) is 0.215. The van der Waals surface area contributed by atoms with Crippen LogP contribution in [0.2, 0.25) is 0 Å². The number of halogens is 3. The molecule has 1 aliphatic rings. The average Bonchev–Trinajstić information content (AvgIpc) is 2.87. The zero-order valence-corrected chi connectivity index (χ0v) is 24.6. The van der Waals surface area contributed by atoms with Gasteiger partial charge in [0.1, 0.15) is 12.2 Å². The molecule has 15 heteroatoms. The number of rotatable bonds is 7. The minimum atomic E-state index is -2.44. The third kappa shape index (κ3) is 8.13. The van der Waals surface area contributed by atoms with Gasteiger partial charge in [0.2, 0.25) is 0 Å². The van der Waals surface area contributed by atoms with Gasteiger partial charge in [-0.3, -0.25) is 19.9 Å². The van der Waals surface area contributed by atoms with E-state index in [9.17, 15) is 29.6 Å². The van der Waals surface area contributed by atoms with Crippen LogP contribution in [0.5, 0.6) is 0 Å². The van der Waals surface area contributed by atoms with Gasteiger partial charge in [0.25, 0.3) is 5.69 Å². The number of amides is 2. The number of carbonyl (C=O) groups excluding carboxylic acids is 2. The predicted octanol–water partition coefficient (Wildman–Crippen LogP) is 6.17. The smallest absolute Gasteiger partial charge is 0.437 e. The molecule has 12 nitrogen and oxygen atoms in total. The number of nitrogens with zero attached hydrogens (tertiary/aromatic N) is 3. The molecule has 3 rings (SSSR count). The fourth-order valence-corrected chi connectivity index (χ4v) is 4.58. The highest BCUT2D eigenvalue weighted by molar-refractivity contribution is 6.66. The highest BCUT2D eigenvalue weighted by Gasteiger charge is 2.54. The van der Waals surface area contributed by atoms with Crippen molar-refractivity contribution in [2.24, 2.45) is 0 Å². The van der Waals surface area contributed by atoms with Crippen LogP contribution in [-0.4, -0.2) is 60.3 Å². The molecule has 222 valence electrons. The number of carboxylic acids is 1. The molecule has 2 amide bonds. The number of hydroxylamine groups is 2. The molecule has 2 aromatic rings. The van der Waals surface area contributed by atoms with Gasteiger partial charge in [0, 0.05) is 18.7 Å². The Labute approximate surface area is 250 Å². The van der Waals surface area contributed by atoms with E-state index in [2.05, 4.69) is 0 Å². The number of alkyl halides is 3. The van der Waals surface area contributed by atoms with Gasteiger partial charge in [0.05, 0.1) is 11.0 Å². The number of hydrogen-bond donors (Lipinski definition) is 1. The van der Waals surface area contributed by atoms with E-state index in [0.29, 0.717) is 5.56 Å². The molecule has 2 atom stereocenters. The molecule has 0 spiro atoms. The van der Waals surface area contributed by atoms with Gasteiger partial charge < -0.3 is 14.6 Å². The zero-order chi connectivity index (χ0) is 30.6. The van der Waals surface area contributed by atoms with Crippen LogP contribution in [0.25, 0.3) is 0 Å². The lowest BCUT2D eigenvalue weighted by atomic mass is 9.79.